The van der Waals surface area contributed by atoms with Gasteiger partial charge >= 0.3 is 0 Å². The minimum Gasteiger partial charge on any atom is -0.396 e. The first-order valence-corrected chi connectivity index (χ1v) is 19.3. The Hall–Kier alpha value is 0.320. The maximum Gasteiger partial charge on any atom is 0.0466 e. The fraction of sp³-hybridized carbons (Fsp3) is 1.00. The van der Waals surface area contributed by atoms with Crippen molar-refractivity contribution in [2.75, 3.05) is 38.4 Å². The van der Waals surface area contributed by atoms with Gasteiger partial charge in [0.2, 0.25) is 0 Å². The molecule has 0 fully saturated rings. The molecule has 5 heteroatoms. The standard InChI is InChI=1S/C18H38O2.C14H29Br.C4H10O2/c1-2-3-4-5-6-7-8-9-10-11-12-14-17-20-18-15-13-16-19;1-2-3-4-5-6-7-8-9-10-11-12-13-14-15;5-3-1-2-4-6/h19H,2-18H2,1H3;2-14H2,1H3;5-6H,1-4H2. The Morgan fingerprint density at radius 1 is 0.341 bits per heavy atom. The maximum atomic E-state index is 8.63. The molecule has 41 heavy (non-hydrogen) atoms. The second kappa shape index (κ2) is 50.0. The number of unbranched alkanes of at least 4 members (excludes halogenated alkanes) is 24. The molecule has 4 nitrogen and oxygen atoms in total. The fourth-order valence-corrected chi connectivity index (χ4v) is 5.02. The number of hydrogen-bond acceptors (Lipinski definition) is 4. The third-order valence-corrected chi connectivity index (χ3v) is 7.95. The molecule has 0 amide bonds. The van der Waals surface area contributed by atoms with Crippen LogP contribution < -0.4 is 0 Å². The van der Waals surface area contributed by atoms with E-state index in [0.717, 1.165) is 38.9 Å². The summed E-state index contributed by atoms with van der Waals surface area (Å²) in [5.41, 5.74) is 0. The van der Waals surface area contributed by atoms with Crippen molar-refractivity contribution in [3.63, 3.8) is 0 Å². The number of aliphatic hydroxyl groups is 3. The Kier molecular flexibility index (Phi) is 55.8. The number of rotatable bonds is 32. The zero-order valence-electron chi connectivity index (χ0n) is 28.2. The average molecular weight is 654 g/mol. The smallest absolute Gasteiger partial charge is 0.0466 e. The lowest BCUT2D eigenvalue weighted by atomic mass is 10.1. The number of aliphatic hydroxyl groups excluding tert-OH is 3. The minimum atomic E-state index is 0.195. The third kappa shape index (κ3) is 56.7. The van der Waals surface area contributed by atoms with E-state index < -0.39 is 0 Å². The second-order valence-electron chi connectivity index (χ2n) is 11.7. The van der Waals surface area contributed by atoms with Crippen molar-refractivity contribution < 1.29 is 20.1 Å². The van der Waals surface area contributed by atoms with Crippen LogP contribution in [0.2, 0.25) is 0 Å². The van der Waals surface area contributed by atoms with E-state index in [-0.39, 0.29) is 13.2 Å². The van der Waals surface area contributed by atoms with Crippen molar-refractivity contribution in [2.45, 2.75) is 194 Å². The summed E-state index contributed by atoms with van der Waals surface area (Å²) in [6.07, 6.45) is 37.3. The van der Waals surface area contributed by atoms with Gasteiger partial charge in [-0.15, -0.1) is 0 Å². The van der Waals surface area contributed by atoms with Crippen molar-refractivity contribution in [3.8, 4) is 0 Å². The summed E-state index contributed by atoms with van der Waals surface area (Å²) in [4.78, 5) is 0. The van der Waals surface area contributed by atoms with E-state index in [2.05, 4.69) is 29.8 Å². The molecule has 0 heterocycles. The van der Waals surface area contributed by atoms with Crippen LogP contribution in [0.5, 0.6) is 0 Å². The highest BCUT2D eigenvalue weighted by molar-refractivity contribution is 9.09. The van der Waals surface area contributed by atoms with Gasteiger partial charge in [-0.1, -0.05) is 171 Å². The molecule has 0 bridgehead atoms. The third-order valence-electron chi connectivity index (χ3n) is 7.39. The van der Waals surface area contributed by atoms with E-state index in [0.29, 0.717) is 6.61 Å². The monoisotopic (exact) mass is 653 g/mol. The number of hydrogen-bond donors (Lipinski definition) is 3. The summed E-state index contributed by atoms with van der Waals surface area (Å²) in [7, 11) is 0. The van der Waals surface area contributed by atoms with Crippen LogP contribution in [-0.4, -0.2) is 53.7 Å². The molecular weight excluding hydrogens is 576 g/mol. The molecule has 0 aliphatic rings. The molecule has 0 saturated heterocycles. The van der Waals surface area contributed by atoms with Gasteiger partial charge in [0, 0.05) is 38.4 Å². The Morgan fingerprint density at radius 2 is 0.585 bits per heavy atom. The van der Waals surface area contributed by atoms with Crippen LogP contribution in [0.25, 0.3) is 0 Å². The molecule has 0 unspecified atom stereocenters. The van der Waals surface area contributed by atoms with E-state index in [4.69, 9.17) is 20.1 Å². The number of alkyl halides is 1. The molecule has 0 radical (unpaired) electrons. The summed E-state index contributed by atoms with van der Waals surface area (Å²) in [6.45, 7) is 6.97. The fourth-order valence-electron chi connectivity index (χ4n) is 4.62. The van der Waals surface area contributed by atoms with Crippen molar-refractivity contribution >= 4 is 15.9 Å². The van der Waals surface area contributed by atoms with Crippen molar-refractivity contribution in [1.29, 1.82) is 0 Å². The zero-order valence-corrected chi connectivity index (χ0v) is 29.8. The SMILES string of the molecule is CCCCCCCCCCCCCCBr.CCCCCCCCCCCCCCOCCCCO.OCCCCO. The topological polar surface area (TPSA) is 69.9 Å². The first-order valence-electron chi connectivity index (χ1n) is 18.2. The Labute approximate surface area is 267 Å². The number of halogens is 1. The molecule has 0 aliphatic carbocycles. The van der Waals surface area contributed by atoms with Gasteiger partial charge < -0.3 is 20.1 Å². The highest BCUT2D eigenvalue weighted by atomic mass is 79.9. The lowest BCUT2D eigenvalue weighted by Gasteiger charge is -2.04. The summed E-state index contributed by atoms with van der Waals surface area (Å²) in [6, 6.07) is 0. The zero-order chi connectivity index (χ0) is 30.7. The van der Waals surface area contributed by atoms with Crippen molar-refractivity contribution in [3.05, 3.63) is 0 Å². The highest BCUT2D eigenvalue weighted by Crippen LogP contribution is 2.13. The van der Waals surface area contributed by atoms with Crippen molar-refractivity contribution in [1.82, 2.24) is 0 Å². The molecule has 252 valence electrons. The van der Waals surface area contributed by atoms with E-state index >= 15 is 0 Å². The highest BCUT2D eigenvalue weighted by Gasteiger charge is 1.95. The Morgan fingerprint density at radius 3 is 0.878 bits per heavy atom. The summed E-state index contributed by atoms with van der Waals surface area (Å²) in [5, 5.41) is 26.0. The summed E-state index contributed by atoms with van der Waals surface area (Å²) < 4.78 is 5.52. The maximum absolute atomic E-state index is 8.63. The van der Waals surface area contributed by atoms with Gasteiger partial charge in [-0.3, -0.25) is 0 Å². The van der Waals surface area contributed by atoms with Crippen molar-refractivity contribution in [2.24, 2.45) is 0 Å². The normalized spacial score (nSPS) is 10.7. The predicted octanol–water partition coefficient (Wildman–Crippen LogP) is 11.3. The van der Waals surface area contributed by atoms with Crippen LogP contribution in [0.4, 0.5) is 0 Å². The number of ether oxygens (including phenoxy) is 1. The quantitative estimate of drug-likeness (QED) is 0.0499. The molecule has 0 aromatic carbocycles. The second-order valence-corrected chi connectivity index (χ2v) is 12.5. The van der Waals surface area contributed by atoms with E-state index in [1.807, 2.05) is 0 Å². The van der Waals surface area contributed by atoms with Crippen LogP contribution in [0, 0.1) is 0 Å². The van der Waals surface area contributed by atoms with Crippen LogP contribution >= 0.6 is 15.9 Å². The lowest BCUT2D eigenvalue weighted by Crippen LogP contribution is -1.98. The first-order chi connectivity index (χ1) is 20.2. The first kappa shape index (κ1) is 45.7. The average Bonchev–Trinajstić information content (AvgIpc) is 2.99. The molecule has 0 aliphatic heterocycles. The van der Waals surface area contributed by atoms with Crippen LogP contribution in [0.3, 0.4) is 0 Å². The van der Waals surface area contributed by atoms with E-state index in [1.165, 1.54) is 159 Å². The molecular formula is C36H77BrO4. The summed E-state index contributed by atoms with van der Waals surface area (Å²) in [5.74, 6) is 0. The molecule has 0 atom stereocenters. The molecule has 0 spiro atoms. The van der Waals surface area contributed by atoms with E-state index in [9.17, 15) is 0 Å². The van der Waals surface area contributed by atoms with Crippen LogP contribution in [-0.2, 0) is 4.74 Å². The predicted molar refractivity (Wildman–Crippen MR) is 186 cm³/mol. The largest absolute Gasteiger partial charge is 0.396 e. The Bertz CT molecular complexity index is 351. The molecule has 0 aromatic heterocycles. The van der Waals surface area contributed by atoms with Gasteiger partial charge in [-0.2, -0.15) is 0 Å². The van der Waals surface area contributed by atoms with Gasteiger partial charge in [0.05, 0.1) is 0 Å². The molecule has 0 saturated carbocycles. The summed E-state index contributed by atoms with van der Waals surface area (Å²) >= 11 is 3.47. The van der Waals surface area contributed by atoms with Gasteiger partial charge in [0.15, 0.2) is 0 Å². The molecule has 3 N–H and O–H groups in total. The van der Waals surface area contributed by atoms with Gasteiger partial charge in [-0.25, -0.2) is 0 Å². The molecule has 0 aromatic rings. The Balaban J connectivity index is -0.000000603. The van der Waals surface area contributed by atoms with Crippen LogP contribution in [0.15, 0.2) is 0 Å². The molecule has 0 rings (SSSR count). The van der Waals surface area contributed by atoms with Gasteiger partial charge in [0.1, 0.15) is 0 Å². The van der Waals surface area contributed by atoms with E-state index in [1.54, 1.807) is 0 Å². The van der Waals surface area contributed by atoms with Gasteiger partial charge in [0.25, 0.3) is 0 Å². The van der Waals surface area contributed by atoms with Crippen LogP contribution in [0.1, 0.15) is 194 Å². The minimum absolute atomic E-state index is 0.195. The lowest BCUT2D eigenvalue weighted by molar-refractivity contribution is 0.121. The van der Waals surface area contributed by atoms with Gasteiger partial charge in [-0.05, 0) is 38.5 Å².